The van der Waals surface area contributed by atoms with Crippen LogP contribution in [0.1, 0.15) is 73.7 Å². The average Bonchev–Trinajstić information content (AvgIpc) is 2.79. The molecule has 1 aromatic rings. The van der Waals surface area contributed by atoms with Crippen LogP contribution in [-0.2, 0) is 14.9 Å². The maximum Gasteiger partial charge on any atom is 0.339 e. The third-order valence-corrected chi connectivity index (χ3v) is 4.99. The van der Waals surface area contributed by atoms with E-state index in [0.29, 0.717) is 16.7 Å². The molecule has 0 spiro atoms. The van der Waals surface area contributed by atoms with E-state index in [1.165, 1.54) is 0 Å². The Labute approximate surface area is 136 Å². The monoisotopic (exact) mass is 314 g/mol. The summed E-state index contributed by atoms with van der Waals surface area (Å²) in [4.78, 5) is 23.8. The van der Waals surface area contributed by atoms with Crippen molar-refractivity contribution in [1.82, 2.24) is 0 Å². The normalized spacial score (nSPS) is 22.0. The third-order valence-electron chi connectivity index (χ3n) is 4.99. The van der Waals surface area contributed by atoms with Crippen LogP contribution in [0, 0.1) is 5.92 Å². The van der Waals surface area contributed by atoms with Crippen LogP contribution < -0.4 is 0 Å². The minimum Gasteiger partial charge on any atom is -0.478 e. The molecular weight excluding hydrogens is 292 g/mol. The summed E-state index contributed by atoms with van der Waals surface area (Å²) in [6, 6.07) is 3.88. The van der Waals surface area contributed by atoms with Crippen LogP contribution in [-0.4, -0.2) is 17.0 Å². The Balaban J connectivity index is 2.22. The molecule has 0 fully saturated rings. The van der Waals surface area contributed by atoms with Crippen molar-refractivity contribution in [3.05, 3.63) is 40.0 Å². The first-order valence-corrected chi connectivity index (χ1v) is 8.05. The molecule has 0 radical (unpaired) electrons. The molecule has 0 saturated heterocycles. The number of aliphatic carboxylic acids is 1. The minimum absolute atomic E-state index is 0.00445. The first-order chi connectivity index (χ1) is 10.7. The summed E-state index contributed by atoms with van der Waals surface area (Å²) in [5.74, 6) is -1.40. The molecule has 1 aliphatic carbocycles. The minimum atomic E-state index is -0.951. The highest BCUT2D eigenvalue weighted by molar-refractivity contribution is 6.01. The van der Waals surface area contributed by atoms with E-state index in [9.17, 15) is 14.7 Å². The van der Waals surface area contributed by atoms with Crippen LogP contribution in [0.4, 0.5) is 0 Å². The molecule has 0 unspecified atom stereocenters. The molecule has 1 aromatic carbocycles. The predicted octanol–water partition coefficient (Wildman–Crippen LogP) is 4.09. The van der Waals surface area contributed by atoms with E-state index in [0.717, 1.165) is 24.0 Å². The van der Waals surface area contributed by atoms with Crippen molar-refractivity contribution >= 4 is 18.0 Å². The summed E-state index contributed by atoms with van der Waals surface area (Å²) in [6.45, 7) is 8.02. The number of carbonyl (C=O) groups excluding carboxylic acids is 1. The van der Waals surface area contributed by atoms with Crippen LogP contribution in [0.2, 0.25) is 0 Å². The Morgan fingerprint density at radius 3 is 2.70 bits per heavy atom. The first-order valence-electron chi connectivity index (χ1n) is 8.05. The smallest absolute Gasteiger partial charge is 0.339 e. The van der Waals surface area contributed by atoms with E-state index in [4.69, 9.17) is 4.74 Å². The number of carboxylic acids is 1. The standard InChI is InChI=1S/C19H22O4/c1-10(2)12(17(20)21)9-11-5-6-13-16-14(7-8-19(13,3)4)23-18(22)15(11)16/h5-6,9-10,14H,7-8H2,1-4H3,(H,20,21)/b12-9-/t14-/m0/s1. The van der Waals surface area contributed by atoms with Gasteiger partial charge in [0.05, 0.1) is 5.56 Å². The highest BCUT2D eigenvalue weighted by Crippen LogP contribution is 2.49. The molecular formula is C19H22O4. The predicted molar refractivity (Wildman–Crippen MR) is 87.3 cm³/mol. The maximum atomic E-state index is 12.4. The summed E-state index contributed by atoms with van der Waals surface area (Å²) in [6.07, 6.45) is 3.23. The van der Waals surface area contributed by atoms with Crippen molar-refractivity contribution in [2.75, 3.05) is 0 Å². The number of carbonyl (C=O) groups is 2. The molecule has 2 aliphatic rings. The van der Waals surface area contributed by atoms with Crippen molar-refractivity contribution in [3.8, 4) is 0 Å². The molecule has 4 heteroatoms. The Kier molecular flexibility index (Phi) is 3.58. The van der Waals surface area contributed by atoms with Crippen molar-refractivity contribution in [2.24, 2.45) is 5.92 Å². The molecule has 0 bridgehead atoms. The number of carboxylic acid groups (broad SMARTS) is 1. The van der Waals surface area contributed by atoms with Gasteiger partial charge in [0.2, 0.25) is 0 Å². The second-order valence-electron chi connectivity index (χ2n) is 7.37. The zero-order chi connectivity index (χ0) is 16.9. The van der Waals surface area contributed by atoms with Crippen molar-refractivity contribution < 1.29 is 19.4 Å². The highest BCUT2D eigenvalue weighted by Gasteiger charge is 2.42. The molecule has 0 saturated carbocycles. The largest absolute Gasteiger partial charge is 0.478 e. The number of hydrogen-bond donors (Lipinski definition) is 1. The lowest BCUT2D eigenvalue weighted by molar-refractivity contribution is -0.133. The van der Waals surface area contributed by atoms with E-state index in [-0.39, 0.29) is 23.4 Å². The van der Waals surface area contributed by atoms with Gasteiger partial charge in [-0.3, -0.25) is 0 Å². The van der Waals surface area contributed by atoms with Crippen molar-refractivity contribution in [2.45, 2.75) is 52.1 Å². The molecule has 1 N–H and O–H groups in total. The molecule has 0 aromatic heterocycles. The summed E-state index contributed by atoms with van der Waals surface area (Å²) in [7, 11) is 0. The fourth-order valence-electron chi connectivity index (χ4n) is 3.63. The Morgan fingerprint density at radius 2 is 2.09 bits per heavy atom. The first kappa shape index (κ1) is 15.8. The van der Waals surface area contributed by atoms with Gasteiger partial charge >= 0.3 is 11.9 Å². The van der Waals surface area contributed by atoms with E-state index >= 15 is 0 Å². The molecule has 0 amide bonds. The lowest BCUT2D eigenvalue weighted by Crippen LogP contribution is -2.25. The summed E-state index contributed by atoms with van der Waals surface area (Å²) in [5, 5.41) is 9.38. The topological polar surface area (TPSA) is 63.6 Å². The highest BCUT2D eigenvalue weighted by atomic mass is 16.5. The van der Waals surface area contributed by atoms with E-state index in [2.05, 4.69) is 13.8 Å². The number of benzene rings is 1. The zero-order valence-electron chi connectivity index (χ0n) is 14.0. The van der Waals surface area contributed by atoms with Crippen LogP contribution in [0.15, 0.2) is 17.7 Å². The van der Waals surface area contributed by atoms with E-state index in [1.54, 1.807) is 6.08 Å². The quantitative estimate of drug-likeness (QED) is 0.674. The fraction of sp³-hybridized carbons (Fsp3) is 0.474. The summed E-state index contributed by atoms with van der Waals surface area (Å²) < 4.78 is 5.53. The lowest BCUT2D eigenvalue weighted by atomic mass is 9.70. The fourth-order valence-corrected chi connectivity index (χ4v) is 3.63. The van der Waals surface area contributed by atoms with E-state index in [1.807, 2.05) is 26.0 Å². The molecule has 1 aliphatic heterocycles. The molecule has 3 rings (SSSR count). The van der Waals surface area contributed by atoms with Crippen LogP contribution >= 0.6 is 0 Å². The lowest BCUT2D eigenvalue weighted by Gasteiger charge is -2.34. The van der Waals surface area contributed by atoms with Crippen LogP contribution in [0.5, 0.6) is 0 Å². The van der Waals surface area contributed by atoms with Gasteiger partial charge in [0.15, 0.2) is 0 Å². The summed E-state index contributed by atoms with van der Waals surface area (Å²) in [5.41, 5.74) is 3.62. The van der Waals surface area contributed by atoms with Gasteiger partial charge in [-0.2, -0.15) is 0 Å². The number of esters is 1. The van der Waals surface area contributed by atoms with Gasteiger partial charge in [0.1, 0.15) is 6.10 Å². The Bertz CT molecular complexity index is 725. The van der Waals surface area contributed by atoms with Crippen LogP contribution in [0.3, 0.4) is 0 Å². The molecule has 122 valence electrons. The van der Waals surface area contributed by atoms with Gasteiger partial charge in [-0.05, 0) is 41.4 Å². The second-order valence-corrected chi connectivity index (χ2v) is 7.37. The summed E-state index contributed by atoms with van der Waals surface area (Å²) >= 11 is 0. The molecule has 1 heterocycles. The SMILES string of the molecule is CC(C)/C(=C/c1ccc2c3c1C(=O)O[C@H]3CCC2(C)C)C(=O)O. The van der Waals surface area contributed by atoms with Gasteiger partial charge < -0.3 is 9.84 Å². The Hall–Kier alpha value is -2.10. The maximum absolute atomic E-state index is 12.4. The van der Waals surface area contributed by atoms with Crippen molar-refractivity contribution in [3.63, 3.8) is 0 Å². The second kappa shape index (κ2) is 5.22. The van der Waals surface area contributed by atoms with Gasteiger partial charge in [-0.15, -0.1) is 0 Å². The molecule has 1 atom stereocenters. The van der Waals surface area contributed by atoms with Gasteiger partial charge in [-0.1, -0.05) is 39.8 Å². The van der Waals surface area contributed by atoms with Crippen LogP contribution in [0.25, 0.3) is 6.08 Å². The zero-order valence-corrected chi connectivity index (χ0v) is 14.0. The Morgan fingerprint density at radius 1 is 1.39 bits per heavy atom. The van der Waals surface area contributed by atoms with Gasteiger partial charge in [0.25, 0.3) is 0 Å². The van der Waals surface area contributed by atoms with Crippen molar-refractivity contribution in [1.29, 1.82) is 0 Å². The number of ether oxygens (including phenoxy) is 1. The van der Waals surface area contributed by atoms with Gasteiger partial charge in [-0.25, -0.2) is 9.59 Å². The number of rotatable bonds is 3. The average molecular weight is 314 g/mol. The third kappa shape index (κ3) is 2.46. The molecule has 23 heavy (non-hydrogen) atoms. The van der Waals surface area contributed by atoms with E-state index < -0.39 is 5.97 Å². The molecule has 4 nitrogen and oxygen atoms in total. The number of hydrogen-bond acceptors (Lipinski definition) is 3. The van der Waals surface area contributed by atoms with Gasteiger partial charge in [0, 0.05) is 11.1 Å².